The highest BCUT2D eigenvalue weighted by Gasteiger charge is 2.45. The van der Waals surface area contributed by atoms with Gasteiger partial charge in [0, 0.05) is 5.02 Å². The summed E-state index contributed by atoms with van der Waals surface area (Å²) in [6.45, 7) is 0. The van der Waals surface area contributed by atoms with Crippen LogP contribution >= 0.6 is 11.6 Å². The van der Waals surface area contributed by atoms with Crippen LogP contribution in [-0.4, -0.2) is 38.7 Å². The molecule has 1 N–H and O–H groups in total. The summed E-state index contributed by atoms with van der Waals surface area (Å²) in [6.07, 6.45) is -4.03. The molecule has 0 saturated heterocycles. The summed E-state index contributed by atoms with van der Waals surface area (Å²) in [6, 6.07) is 4.49. The Morgan fingerprint density at radius 3 is 2.32 bits per heavy atom. The summed E-state index contributed by atoms with van der Waals surface area (Å²) in [4.78, 5) is 6.58. The largest absolute Gasteiger partial charge is 0.467 e. The van der Waals surface area contributed by atoms with Crippen LogP contribution in [0, 0.1) is 0 Å². The van der Waals surface area contributed by atoms with Gasteiger partial charge in [-0.3, -0.25) is 0 Å². The number of hydrogen-bond acceptors (Lipinski definition) is 5. The quantitative estimate of drug-likeness (QED) is 0.841. The van der Waals surface area contributed by atoms with E-state index in [1.54, 1.807) is 0 Å². The number of aromatic nitrogens is 2. The van der Waals surface area contributed by atoms with Gasteiger partial charge in [-0.2, -0.15) is 18.2 Å². The molecular formula is C14H13ClF3N3O3S. The number of sulfonamides is 1. The molecule has 136 valence electrons. The van der Waals surface area contributed by atoms with E-state index >= 15 is 0 Å². The van der Waals surface area contributed by atoms with Gasteiger partial charge in [-0.05, 0) is 24.7 Å². The molecule has 1 heterocycles. The fraction of sp³-hybridized carbons (Fsp3) is 0.286. The monoisotopic (exact) mass is 395 g/mol. The van der Waals surface area contributed by atoms with Gasteiger partial charge in [-0.1, -0.05) is 23.7 Å². The molecule has 2 aromatic rings. The summed E-state index contributed by atoms with van der Waals surface area (Å²) in [5, 5.41) is 0.244. The van der Waals surface area contributed by atoms with Gasteiger partial charge in [-0.25, -0.2) is 18.1 Å². The number of halogens is 4. The molecule has 0 fully saturated rings. The molecule has 11 heteroatoms. The fourth-order valence-electron chi connectivity index (χ4n) is 2.15. The predicted octanol–water partition coefficient (Wildman–Crippen LogP) is 2.74. The second kappa shape index (κ2) is 7.14. The molecule has 1 aromatic carbocycles. The van der Waals surface area contributed by atoms with Crippen LogP contribution in [0.2, 0.25) is 5.02 Å². The van der Waals surface area contributed by atoms with E-state index in [0.717, 1.165) is 32.5 Å². The van der Waals surface area contributed by atoms with Crippen LogP contribution < -0.4 is 9.46 Å². The lowest BCUT2D eigenvalue weighted by atomic mass is 9.95. The van der Waals surface area contributed by atoms with E-state index in [1.807, 2.05) is 4.72 Å². The number of nitrogens with one attached hydrogen (secondary N) is 1. The minimum Gasteiger partial charge on any atom is -0.467 e. The molecule has 0 aliphatic rings. The third-order valence-corrected chi connectivity index (χ3v) is 4.99. The van der Waals surface area contributed by atoms with Crippen LogP contribution in [-0.2, 0) is 10.0 Å². The van der Waals surface area contributed by atoms with E-state index in [0.29, 0.717) is 0 Å². The van der Waals surface area contributed by atoms with Crippen LogP contribution in [0.1, 0.15) is 17.2 Å². The van der Waals surface area contributed by atoms with Gasteiger partial charge in [0.1, 0.15) is 10.8 Å². The molecule has 0 bridgehead atoms. The minimum absolute atomic E-state index is 0.217. The number of benzene rings is 1. The van der Waals surface area contributed by atoms with Crippen molar-refractivity contribution in [3.8, 4) is 6.01 Å². The van der Waals surface area contributed by atoms with E-state index < -0.39 is 32.7 Å². The zero-order valence-electron chi connectivity index (χ0n) is 13.0. The van der Waals surface area contributed by atoms with Crippen molar-refractivity contribution in [3.05, 3.63) is 46.7 Å². The van der Waals surface area contributed by atoms with Crippen molar-refractivity contribution < 1.29 is 26.3 Å². The van der Waals surface area contributed by atoms with Gasteiger partial charge in [-0.15, -0.1) is 0 Å². The third-order valence-electron chi connectivity index (χ3n) is 3.31. The van der Waals surface area contributed by atoms with Crippen molar-refractivity contribution in [2.75, 3.05) is 14.2 Å². The minimum atomic E-state index is -4.81. The van der Waals surface area contributed by atoms with Crippen molar-refractivity contribution in [1.29, 1.82) is 0 Å². The van der Waals surface area contributed by atoms with Gasteiger partial charge >= 0.3 is 12.2 Å². The molecule has 0 aliphatic heterocycles. The highest BCUT2D eigenvalue weighted by atomic mass is 35.5. The molecule has 6 nitrogen and oxygen atoms in total. The molecule has 0 radical (unpaired) electrons. The van der Waals surface area contributed by atoms with E-state index in [9.17, 15) is 21.6 Å². The standard InChI is InChI=1S/C14H13ClF3N3O3S/c1-19-25(22,23)10-7-20-13(24-2)21-12(10)11(14(16,17)18)8-3-5-9(15)6-4-8/h3-7,11,19H,1-2H3. The van der Waals surface area contributed by atoms with Crippen molar-refractivity contribution in [3.63, 3.8) is 0 Å². The first-order valence-electron chi connectivity index (χ1n) is 6.76. The highest BCUT2D eigenvalue weighted by molar-refractivity contribution is 7.89. The zero-order chi connectivity index (χ0) is 18.8. The summed E-state index contributed by atoms with van der Waals surface area (Å²) in [5.74, 6) is -2.31. The number of hydrogen-bond donors (Lipinski definition) is 1. The lowest BCUT2D eigenvalue weighted by Crippen LogP contribution is -2.28. The molecule has 0 saturated carbocycles. The van der Waals surface area contributed by atoms with E-state index in [-0.39, 0.29) is 16.6 Å². The molecule has 1 atom stereocenters. The topological polar surface area (TPSA) is 81.2 Å². The first-order chi connectivity index (χ1) is 11.6. The van der Waals surface area contributed by atoms with E-state index in [4.69, 9.17) is 16.3 Å². The van der Waals surface area contributed by atoms with E-state index in [2.05, 4.69) is 9.97 Å². The second-order valence-electron chi connectivity index (χ2n) is 4.84. The van der Waals surface area contributed by atoms with Gasteiger partial charge in [0.05, 0.1) is 19.0 Å². The molecule has 0 aliphatic carbocycles. The Kier molecular flexibility index (Phi) is 5.55. The number of nitrogens with zero attached hydrogens (tertiary/aromatic N) is 2. The van der Waals surface area contributed by atoms with Crippen molar-refractivity contribution in [2.24, 2.45) is 0 Å². The van der Waals surface area contributed by atoms with Crippen LogP contribution in [0.4, 0.5) is 13.2 Å². The summed E-state index contributed by atoms with van der Waals surface area (Å²) in [7, 11) is -1.99. The normalized spacial score (nSPS) is 13.5. The van der Waals surface area contributed by atoms with Crippen LogP contribution in [0.3, 0.4) is 0 Å². The molecule has 2 rings (SSSR count). The first kappa shape index (κ1) is 19.4. The van der Waals surface area contributed by atoms with Crippen LogP contribution in [0.5, 0.6) is 6.01 Å². The van der Waals surface area contributed by atoms with E-state index in [1.165, 1.54) is 12.1 Å². The van der Waals surface area contributed by atoms with Crippen LogP contribution in [0.15, 0.2) is 35.4 Å². The summed E-state index contributed by atoms with van der Waals surface area (Å²) in [5.41, 5.74) is -0.957. The van der Waals surface area contributed by atoms with Gasteiger partial charge in [0.2, 0.25) is 10.0 Å². The first-order valence-corrected chi connectivity index (χ1v) is 8.63. The Bertz CT molecular complexity index is 858. The number of rotatable bonds is 5. The Labute approximate surface area is 147 Å². The maximum atomic E-state index is 13.8. The maximum Gasteiger partial charge on any atom is 0.401 e. The molecule has 1 aromatic heterocycles. The molecule has 1 unspecified atom stereocenters. The smallest absolute Gasteiger partial charge is 0.401 e. The Hall–Kier alpha value is -1.91. The highest BCUT2D eigenvalue weighted by Crippen LogP contribution is 2.42. The average molecular weight is 396 g/mol. The Morgan fingerprint density at radius 1 is 1.24 bits per heavy atom. The van der Waals surface area contributed by atoms with Crippen LogP contribution in [0.25, 0.3) is 0 Å². The predicted molar refractivity (Wildman–Crippen MR) is 84.2 cm³/mol. The number of alkyl halides is 3. The summed E-state index contributed by atoms with van der Waals surface area (Å²) >= 11 is 5.72. The molecular weight excluding hydrogens is 383 g/mol. The third kappa shape index (κ3) is 4.20. The fourth-order valence-corrected chi connectivity index (χ4v) is 3.12. The lowest BCUT2D eigenvalue weighted by Gasteiger charge is -2.22. The van der Waals surface area contributed by atoms with Crippen molar-refractivity contribution in [2.45, 2.75) is 17.0 Å². The van der Waals surface area contributed by atoms with Crippen molar-refractivity contribution >= 4 is 21.6 Å². The molecule has 0 spiro atoms. The molecule has 0 amide bonds. The van der Waals surface area contributed by atoms with Crippen molar-refractivity contribution in [1.82, 2.24) is 14.7 Å². The SMILES string of the molecule is CNS(=O)(=O)c1cnc(OC)nc1C(c1ccc(Cl)cc1)C(F)(F)F. The maximum absolute atomic E-state index is 13.8. The Morgan fingerprint density at radius 2 is 1.84 bits per heavy atom. The Balaban J connectivity index is 2.78. The second-order valence-corrected chi connectivity index (χ2v) is 7.13. The summed E-state index contributed by atoms with van der Waals surface area (Å²) < 4.78 is 72.2. The van der Waals surface area contributed by atoms with Gasteiger partial charge in [0.15, 0.2) is 0 Å². The number of ether oxygens (including phenoxy) is 1. The van der Waals surface area contributed by atoms with Gasteiger partial charge in [0.25, 0.3) is 0 Å². The average Bonchev–Trinajstić information content (AvgIpc) is 2.55. The van der Waals surface area contributed by atoms with Gasteiger partial charge < -0.3 is 4.74 Å². The lowest BCUT2D eigenvalue weighted by molar-refractivity contribution is -0.142. The molecule has 25 heavy (non-hydrogen) atoms. The zero-order valence-corrected chi connectivity index (χ0v) is 14.6. The number of methoxy groups -OCH3 is 1.